The topological polar surface area (TPSA) is 64.4 Å². The zero-order valence-electron chi connectivity index (χ0n) is 16.3. The predicted octanol–water partition coefficient (Wildman–Crippen LogP) is 2.70. The van der Waals surface area contributed by atoms with Gasteiger partial charge in [0.25, 0.3) is 5.56 Å². The van der Waals surface area contributed by atoms with Crippen molar-refractivity contribution in [2.24, 2.45) is 0 Å². The maximum Gasteiger partial charge on any atom is 0.262 e. The lowest BCUT2D eigenvalue weighted by molar-refractivity contribution is -0.132. The molecular formula is C22H23N3O3S. The number of aryl methyl sites for hydroxylation is 1. The molecule has 2 heterocycles. The third-order valence-electron chi connectivity index (χ3n) is 4.98. The Labute approximate surface area is 173 Å². The van der Waals surface area contributed by atoms with Crippen molar-refractivity contribution in [3.8, 4) is 0 Å². The zero-order chi connectivity index (χ0) is 20.2. The highest BCUT2D eigenvalue weighted by Gasteiger charge is 2.19. The van der Waals surface area contributed by atoms with Crippen LogP contribution in [0.2, 0.25) is 0 Å². The minimum atomic E-state index is -0.0857. The minimum Gasteiger partial charge on any atom is -0.378 e. The Hall–Kier alpha value is -2.64. The lowest BCUT2D eigenvalue weighted by Gasteiger charge is -2.26. The molecule has 2 aromatic carbocycles. The predicted molar refractivity (Wildman–Crippen MR) is 114 cm³/mol. The molecule has 3 aromatic rings. The fraction of sp³-hybridized carbons (Fsp3) is 0.318. The van der Waals surface area contributed by atoms with Gasteiger partial charge in [-0.15, -0.1) is 0 Å². The van der Waals surface area contributed by atoms with Gasteiger partial charge in [0.2, 0.25) is 5.91 Å². The second-order valence-electron chi connectivity index (χ2n) is 7.07. The van der Waals surface area contributed by atoms with Crippen molar-refractivity contribution in [2.75, 3.05) is 32.1 Å². The molecule has 1 aliphatic heterocycles. The molecule has 0 unspecified atom stereocenters. The molecule has 6 nitrogen and oxygen atoms in total. The molecule has 0 radical (unpaired) electrons. The van der Waals surface area contributed by atoms with E-state index in [0.717, 1.165) is 5.56 Å². The molecule has 7 heteroatoms. The van der Waals surface area contributed by atoms with E-state index in [0.29, 0.717) is 48.9 Å². The molecule has 1 aromatic heterocycles. The molecule has 0 bridgehead atoms. The van der Waals surface area contributed by atoms with Crippen molar-refractivity contribution < 1.29 is 9.53 Å². The number of carbonyl (C=O) groups is 1. The van der Waals surface area contributed by atoms with Crippen molar-refractivity contribution >= 4 is 28.6 Å². The van der Waals surface area contributed by atoms with Gasteiger partial charge in [-0.1, -0.05) is 53.7 Å². The Balaban J connectivity index is 1.64. The molecule has 0 atom stereocenters. The number of morpholine rings is 1. The van der Waals surface area contributed by atoms with Gasteiger partial charge in [-0.3, -0.25) is 14.2 Å². The Morgan fingerprint density at radius 1 is 1.10 bits per heavy atom. The summed E-state index contributed by atoms with van der Waals surface area (Å²) in [4.78, 5) is 32.2. The molecule has 1 fully saturated rings. The number of aromatic nitrogens is 2. The van der Waals surface area contributed by atoms with Gasteiger partial charge in [0, 0.05) is 13.1 Å². The summed E-state index contributed by atoms with van der Waals surface area (Å²) >= 11 is 1.32. The third kappa shape index (κ3) is 4.52. The van der Waals surface area contributed by atoms with Crippen LogP contribution in [0.4, 0.5) is 0 Å². The number of hydrogen-bond acceptors (Lipinski definition) is 5. The summed E-state index contributed by atoms with van der Waals surface area (Å²) in [7, 11) is 0. The van der Waals surface area contributed by atoms with Crippen molar-refractivity contribution in [1.29, 1.82) is 0 Å². The van der Waals surface area contributed by atoms with Gasteiger partial charge in [0.05, 0.1) is 36.4 Å². The van der Waals surface area contributed by atoms with E-state index < -0.39 is 0 Å². The monoisotopic (exact) mass is 409 g/mol. The SMILES string of the molecule is Cc1ccc(Cn2c(SCC(=O)N3CCOCC3)nc3ccccc3c2=O)cc1. The van der Waals surface area contributed by atoms with Gasteiger partial charge in [0.1, 0.15) is 0 Å². The van der Waals surface area contributed by atoms with Crippen LogP contribution < -0.4 is 5.56 Å². The van der Waals surface area contributed by atoms with Gasteiger partial charge in [0.15, 0.2) is 5.16 Å². The highest BCUT2D eigenvalue weighted by atomic mass is 32.2. The van der Waals surface area contributed by atoms with Crippen LogP contribution in [0.15, 0.2) is 58.5 Å². The molecule has 0 N–H and O–H groups in total. The van der Waals surface area contributed by atoms with E-state index in [-0.39, 0.29) is 17.2 Å². The van der Waals surface area contributed by atoms with Gasteiger partial charge < -0.3 is 9.64 Å². The number of fused-ring (bicyclic) bond motifs is 1. The number of para-hydroxylation sites is 1. The summed E-state index contributed by atoms with van der Waals surface area (Å²) in [5, 5.41) is 1.15. The average molecular weight is 410 g/mol. The summed E-state index contributed by atoms with van der Waals surface area (Å²) < 4.78 is 6.98. The van der Waals surface area contributed by atoms with Crippen molar-refractivity contribution in [2.45, 2.75) is 18.6 Å². The maximum absolute atomic E-state index is 13.2. The second-order valence-corrected chi connectivity index (χ2v) is 8.01. The van der Waals surface area contributed by atoms with Crippen molar-refractivity contribution in [1.82, 2.24) is 14.5 Å². The lowest BCUT2D eigenvalue weighted by atomic mass is 10.1. The highest BCUT2D eigenvalue weighted by Crippen LogP contribution is 2.20. The number of hydrogen-bond donors (Lipinski definition) is 0. The van der Waals surface area contributed by atoms with Gasteiger partial charge >= 0.3 is 0 Å². The summed E-state index contributed by atoms with van der Waals surface area (Å²) in [5.74, 6) is 0.293. The number of nitrogens with zero attached hydrogens (tertiary/aromatic N) is 3. The molecule has 150 valence electrons. The standard InChI is InChI=1S/C22H23N3O3S/c1-16-6-8-17(9-7-16)14-25-21(27)18-4-2-3-5-19(18)23-22(25)29-15-20(26)24-10-12-28-13-11-24/h2-9H,10-15H2,1H3. The minimum absolute atomic E-state index is 0.0441. The molecule has 4 rings (SSSR count). The Morgan fingerprint density at radius 3 is 2.59 bits per heavy atom. The summed E-state index contributed by atoms with van der Waals surface area (Å²) in [5.41, 5.74) is 2.76. The van der Waals surface area contributed by atoms with Crippen LogP contribution in [0.1, 0.15) is 11.1 Å². The summed E-state index contributed by atoms with van der Waals surface area (Å²) in [6, 6.07) is 15.4. The molecule has 0 spiro atoms. The van der Waals surface area contributed by atoms with E-state index in [1.165, 1.54) is 17.3 Å². The first-order valence-corrected chi connectivity index (χ1v) is 10.6. The first-order chi connectivity index (χ1) is 14.1. The van der Waals surface area contributed by atoms with E-state index >= 15 is 0 Å². The average Bonchev–Trinajstić information content (AvgIpc) is 2.76. The quantitative estimate of drug-likeness (QED) is 0.479. The molecule has 1 aliphatic rings. The number of ether oxygens (including phenoxy) is 1. The van der Waals surface area contributed by atoms with Crippen LogP contribution in [0, 0.1) is 6.92 Å². The van der Waals surface area contributed by atoms with Gasteiger partial charge in [-0.25, -0.2) is 4.98 Å². The van der Waals surface area contributed by atoms with E-state index in [1.807, 2.05) is 49.4 Å². The molecule has 0 aliphatic carbocycles. The number of thioether (sulfide) groups is 1. The maximum atomic E-state index is 13.2. The first-order valence-electron chi connectivity index (χ1n) is 9.65. The number of amides is 1. The fourth-order valence-corrected chi connectivity index (χ4v) is 4.21. The van der Waals surface area contributed by atoms with E-state index in [9.17, 15) is 9.59 Å². The van der Waals surface area contributed by atoms with Crippen LogP contribution >= 0.6 is 11.8 Å². The molecule has 29 heavy (non-hydrogen) atoms. The molecule has 0 saturated carbocycles. The van der Waals surface area contributed by atoms with Crippen LogP contribution in [0.25, 0.3) is 10.9 Å². The Bertz CT molecular complexity index is 1070. The van der Waals surface area contributed by atoms with Crippen LogP contribution in [0.5, 0.6) is 0 Å². The van der Waals surface area contributed by atoms with Crippen LogP contribution in [-0.4, -0.2) is 52.4 Å². The normalized spacial score (nSPS) is 14.3. The number of rotatable bonds is 5. The molecule has 1 amide bonds. The van der Waals surface area contributed by atoms with Crippen LogP contribution in [-0.2, 0) is 16.1 Å². The van der Waals surface area contributed by atoms with Crippen molar-refractivity contribution in [3.05, 3.63) is 70.0 Å². The summed E-state index contributed by atoms with van der Waals surface area (Å²) in [6.07, 6.45) is 0. The Morgan fingerprint density at radius 2 is 1.83 bits per heavy atom. The molecular weight excluding hydrogens is 386 g/mol. The second kappa shape index (κ2) is 8.80. The zero-order valence-corrected chi connectivity index (χ0v) is 17.2. The van der Waals surface area contributed by atoms with E-state index in [1.54, 1.807) is 15.5 Å². The van der Waals surface area contributed by atoms with Gasteiger partial charge in [-0.2, -0.15) is 0 Å². The molecule has 1 saturated heterocycles. The largest absolute Gasteiger partial charge is 0.378 e. The Kier molecular flexibility index (Phi) is 5.97. The van der Waals surface area contributed by atoms with Crippen molar-refractivity contribution in [3.63, 3.8) is 0 Å². The van der Waals surface area contributed by atoms with E-state index in [4.69, 9.17) is 9.72 Å². The van der Waals surface area contributed by atoms with Gasteiger partial charge in [-0.05, 0) is 24.6 Å². The first kappa shape index (κ1) is 19.7. The third-order valence-corrected chi connectivity index (χ3v) is 5.94. The number of benzene rings is 2. The van der Waals surface area contributed by atoms with E-state index in [2.05, 4.69) is 0 Å². The fourth-order valence-electron chi connectivity index (χ4n) is 3.30. The smallest absolute Gasteiger partial charge is 0.262 e. The lowest BCUT2D eigenvalue weighted by Crippen LogP contribution is -2.41. The summed E-state index contributed by atoms with van der Waals surface area (Å²) in [6.45, 7) is 4.82. The number of carbonyl (C=O) groups excluding carboxylic acids is 1. The highest BCUT2D eigenvalue weighted by molar-refractivity contribution is 7.99. The van der Waals surface area contributed by atoms with Crippen LogP contribution in [0.3, 0.4) is 0 Å².